The van der Waals surface area contributed by atoms with Crippen LogP contribution in [0.3, 0.4) is 0 Å². The van der Waals surface area contributed by atoms with Gasteiger partial charge in [-0.2, -0.15) is 20.4 Å². The number of nitrogens with zero attached hydrogens (tertiary/aromatic N) is 6. The molecule has 0 spiro atoms. The summed E-state index contributed by atoms with van der Waals surface area (Å²) in [6.45, 7) is 15.1. The van der Waals surface area contributed by atoms with E-state index in [1.807, 2.05) is 257 Å². The fourth-order valence-corrected chi connectivity index (χ4v) is 14.3. The second-order valence-electron chi connectivity index (χ2n) is 31.4. The zero-order chi connectivity index (χ0) is 89.0. The molecular weight excluding hydrogens is 1590 g/mol. The Labute approximate surface area is 749 Å². The minimum atomic E-state index is -0.443. The minimum Gasteiger partial charge on any atom is -0.342 e. The van der Waals surface area contributed by atoms with Crippen molar-refractivity contribution in [2.24, 2.45) is 0 Å². The van der Waals surface area contributed by atoms with E-state index in [2.05, 4.69) is 208 Å². The first-order chi connectivity index (χ1) is 62.5. The van der Waals surface area contributed by atoms with Crippen molar-refractivity contribution in [1.29, 1.82) is 0 Å². The van der Waals surface area contributed by atoms with Gasteiger partial charge < -0.3 is 52.5 Å². The number of aromatic nitrogens is 8. The van der Waals surface area contributed by atoms with E-state index < -0.39 is 24.2 Å². The molecule has 4 heterocycles. The highest BCUT2D eigenvalue weighted by molar-refractivity contribution is 5.98. The lowest BCUT2D eigenvalue weighted by molar-refractivity contribution is -0.119. The molecule has 0 fully saturated rings. The molecule has 20 heteroatoms. The Hall–Kier alpha value is -15.1. The summed E-state index contributed by atoms with van der Waals surface area (Å²) >= 11 is 0. The third-order valence-corrected chi connectivity index (χ3v) is 21.4. The molecule has 0 aliphatic carbocycles. The highest BCUT2D eigenvalue weighted by atomic mass is 16.2. The summed E-state index contributed by atoms with van der Waals surface area (Å²) in [6.07, 6.45) is 10.3. The average molecular weight is 1690 g/mol. The predicted octanol–water partition coefficient (Wildman–Crippen LogP) is 20.3. The molecule has 0 saturated carbocycles. The highest BCUT2D eigenvalue weighted by Gasteiger charge is 2.25. The van der Waals surface area contributed by atoms with Crippen LogP contribution < -0.4 is 42.5 Å². The molecule has 12 aromatic carbocycles. The van der Waals surface area contributed by atoms with Gasteiger partial charge in [-0.05, 0) is 209 Å². The monoisotopic (exact) mass is 1690 g/mol. The van der Waals surface area contributed by atoms with Crippen molar-refractivity contribution in [3.05, 3.63) is 443 Å². The number of benzene rings is 12. The lowest BCUT2D eigenvalue weighted by atomic mass is 10.0. The molecule has 0 aliphatic heterocycles. The molecule has 0 aliphatic rings. The number of nitrogens with one attached hydrogen (secondary N) is 10. The first-order valence-electron chi connectivity index (χ1n) is 43.1. The molecule has 4 amide bonds. The number of carbonyl (C=O) groups excluding carboxylic acids is 4. The zero-order valence-electron chi connectivity index (χ0n) is 72.9. The van der Waals surface area contributed by atoms with Gasteiger partial charge in [0.1, 0.15) is 35.8 Å². The number of anilines is 4. The smallest absolute Gasteiger partial charge is 0.246 e. The molecule has 0 radical (unpaired) electrons. The van der Waals surface area contributed by atoms with E-state index in [0.717, 1.165) is 127 Å². The Morgan fingerprint density at radius 2 is 0.500 bits per heavy atom. The van der Waals surface area contributed by atoms with E-state index in [1.165, 1.54) is 44.5 Å². The van der Waals surface area contributed by atoms with Crippen molar-refractivity contribution in [3.63, 3.8) is 0 Å². The zero-order valence-corrected chi connectivity index (χ0v) is 72.9. The molecule has 10 N–H and O–H groups in total. The fourth-order valence-electron chi connectivity index (χ4n) is 14.3. The van der Waals surface area contributed by atoms with Crippen LogP contribution in [0.25, 0.3) is 45.3 Å². The van der Waals surface area contributed by atoms with Crippen LogP contribution in [0.5, 0.6) is 0 Å². The number of amides is 4. The Kier molecular flexibility index (Phi) is 33.4. The number of rotatable bonds is 32. The summed E-state index contributed by atoms with van der Waals surface area (Å²) in [6, 6.07) is 110. The molecular formula is C108H108N16O4. The van der Waals surface area contributed by atoms with Gasteiger partial charge in [0.05, 0.1) is 11.4 Å². The Bertz CT molecular complexity index is 5680. The highest BCUT2D eigenvalue weighted by Crippen LogP contribution is 2.28. The van der Waals surface area contributed by atoms with Gasteiger partial charge in [-0.3, -0.25) is 19.2 Å². The minimum absolute atomic E-state index is 0.0818. The number of aromatic amines is 2. The van der Waals surface area contributed by atoms with Crippen molar-refractivity contribution >= 4 is 46.4 Å². The average Bonchev–Trinajstić information content (AvgIpc) is 0.918. The molecule has 4 aromatic heterocycles. The summed E-state index contributed by atoms with van der Waals surface area (Å²) in [5, 5.41) is 42.0. The number of H-pyrrole nitrogens is 2. The molecule has 16 aromatic rings. The van der Waals surface area contributed by atoms with E-state index in [0.29, 0.717) is 26.2 Å². The topological polar surface area (TPSA) is 273 Å². The van der Waals surface area contributed by atoms with Crippen molar-refractivity contribution in [2.75, 3.05) is 47.4 Å². The van der Waals surface area contributed by atoms with E-state index in [1.54, 1.807) is 24.8 Å². The van der Waals surface area contributed by atoms with E-state index >= 15 is 0 Å². The van der Waals surface area contributed by atoms with Gasteiger partial charge in [0.25, 0.3) is 0 Å². The first kappa shape index (κ1) is 90.7. The summed E-state index contributed by atoms with van der Waals surface area (Å²) in [5.74, 6) is 1.30. The second-order valence-corrected chi connectivity index (χ2v) is 31.4. The van der Waals surface area contributed by atoms with Crippen LogP contribution in [0.1, 0.15) is 102 Å². The van der Waals surface area contributed by atoms with Crippen molar-refractivity contribution < 1.29 is 19.2 Å². The largest absolute Gasteiger partial charge is 0.342 e. The number of carbonyl (C=O) groups is 4. The number of hydrogen-bond donors (Lipinski definition) is 10. The van der Waals surface area contributed by atoms with Gasteiger partial charge in [-0.15, -0.1) is 0 Å². The van der Waals surface area contributed by atoms with E-state index in [4.69, 9.17) is 0 Å². The van der Waals surface area contributed by atoms with Gasteiger partial charge in [-0.1, -0.05) is 265 Å². The summed E-state index contributed by atoms with van der Waals surface area (Å²) in [5.41, 5.74) is 24.2. The van der Waals surface area contributed by atoms with Crippen LogP contribution >= 0.6 is 0 Å². The molecule has 0 bridgehead atoms. The normalized spacial score (nSPS) is 11.7. The maximum atomic E-state index is 13.2. The molecule has 0 saturated heterocycles. The SMILES string of the molecule is Cc1ccc(CCN[C@@H](C(=O)Nc2ccc(-c3cccnn3)cc2)c2ccccc2)cc1.Cc1ccc(CCN[C@@H](C(=O)Nc2ccc(-c3ncc(C)[nH]3)cc2)c2ccccc2)cc1.Cc1ccc(CCN[C@H](C(=O)Nc2ccc(-c3cccnn3)cc2)c2ccccc2)cc1.Cc1ccc(CCN[C@H](C(=O)Nc2ccc(-c3ncc(C)[nH]3)cc2)c2ccccc2)cc1. The summed E-state index contributed by atoms with van der Waals surface area (Å²) in [7, 11) is 0. The molecule has 644 valence electrons. The van der Waals surface area contributed by atoms with Gasteiger partial charge in [-0.25, -0.2) is 9.97 Å². The van der Waals surface area contributed by atoms with Gasteiger partial charge in [0, 0.05) is 107 Å². The number of imidazole rings is 2. The van der Waals surface area contributed by atoms with Gasteiger partial charge in [0.2, 0.25) is 23.6 Å². The Morgan fingerprint density at radius 1 is 0.266 bits per heavy atom. The van der Waals surface area contributed by atoms with Crippen molar-refractivity contribution in [1.82, 2.24) is 61.6 Å². The van der Waals surface area contributed by atoms with Crippen LogP contribution in [0.4, 0.5) is 22.7 Å². The van der Waals surface area contributed by atoms with Crippen molar-refractivity contribution in [3.8, 4) is 45.3 Å². The quantitative estimate of drug-likeness (QED) is 0.0188. The van der Waals surface area contributed by atoms with Crippen LogP contribution in [0.15, 0.2) is 365 Å². The standard InChI is InChI=1S/2C27H28N4O.2C27H26N4O/c2*1-19-8-10-21(11-9-19)16-17-28-25(22-6-4-3-5-7-22)27(32)31-24-14-12-23(13-15-24)26-29-18-20(2)30-26;2*1-20-9-11-21(12-10-20)17-19-28-26(23-6-3-2-4-7-23)27(32)30-24-15-13-22(14-16-24)25-8-5-18-29-31-25/h2*3-15,18,25,28H,16-17H2,1-2H3,(H,29,30)(H,31,32);2*2-16,18,26,28H,17,19H2,1H3,(H,30,32)/t2*25-;2*26-/m1010/s1. The molecule has 0 unspecified atom stereocenters. The third-order valence-electron chi connectivity index (χ3n) is 21.4. The fraction of sp³-hybridized carbons (Fsp3) is 0.167. The van der Waals surface area contributed by atoms with Crippen LogP contribution in [0, 0.1) is 41.5 Å². The molecule has 128 heavy (non-hydrogen) atoms. The van der Waals surface area contributed by atoms with Crippen LogP contribution in [-0.4, -0.2) is 90.1 Å². The lowest BCUT2D eigenvalue weighted by Crippen LogP contribution is -2.34. The van der Waals surface area contributed by atoms with Crippen molar-refractivity contribution in [2.45, 2.75) is 91.4 Å². The maximum Gasteiger partial charge on any atom is 0.246 e. The van der Waals surface area contributed by atoms with Gasteiger partial charge >= 0.3 is 0 Å². The molecule has 16 rings (SSSR count). The maximum absolute atomic E-state index is 13.2. The summed E-state index contributed by atoms with van der Waals surface area (Å²) < 4.78 is 0. The van der Waals surface area contributed by atoms with Crippen LogP contribution in [-0.2, 0) is 44.9 Å². The van der Waals surface area contributed by atoms with Gasteiger partial charge in [0.15, 0.2) is 0 Å². The number of hydrogen-bond acceptors (Lipinski definition) is 14. The Morgan fingerprint density at radius 3 is 0.711 bits per heavy atom. The van der Waals surface area contributed by atoms with E-state index in [9.17, 15) is 19.2 Å². The van der Waals surface area contributed by atoms with E-state index in [-0.39, 0.29) is 23.6 Å². The lowest BCUT2D eigenvalue weighted by Gasteiger charge is -2.19. The second kappa shape index (κ2) is 47.1. The van der Waals surface area contributed by atoms with Crippen LogP contribution in [0.2, 0.25) is 0 Å². The third kappa shape index (κ3) is 28.0. The molecule has 4 atom stereocenters. The first-order valence-corrected chi connectivity index (χ1v) is 43.1. The molecule has 20 nitrogen and oxygen atoms in total. The number of aryl methyl sites for hydroxylation is 6. The Balaban J connectivity index is 0.000000146. The predicted molar refractivity (Wildman–Crippen MR) is 515 cm³/mol. The summed E-state index contributed by atoms with van der Waals surface area (Å²) in [4.78, 5) is 67.8.